The molecule has 53 heavy (non-hydrogen) atoms. The average molecular weight is 748 g/mol. The molecule has 274 valence electrons. The summed E-state index contributed by atoms with van der Waals surface area (Å²) >= 11 is 6.17. The molecular weight excluding hydrogens is 715 g/mol. The molecule has 1 unspecified atom stereocenters. The molecular formula is C36H33ClF3N9O4. The second-order valence-corrected chi connectivity index (χ2v) is 14.5. The van der Waals surface area contributed by atoms with Gasteiger partial charge in [0, 0.05) is 53.1 Å². The van der Waals surface area contributed by atoms with Crippen LogP contribution in [0.2, 0.25) is 5.02 Å². The molecule has 1 saturated carbocycles. The number of hydrogen-bond donors (Lipinski definition) is 2. The smallest absolute Gasteiger partial charge is 0.416 e. The Morgan fingerprint density at radius 1 is 1.09 bits per heavy atom. The molecule has 2 amide bonds. The predicted molar refractivity (Wildman–Crippen MR) is 186 cm³/mol. The topological polar surface area (TPSA) is 160 Å². The van der Waals surface area contributed by atoms with Gasteiger partial charge in [-0.2, -0.15) is 22.7 Å². The van der Waals surface area contributed by atoms with E-state index in [9.17, 15) is 32.7 Å². The average Bonchev–Trinajstić information content (AvgIpc) is 3.81. The van der Waals surface area contributed by atoms with Crippen molar-refractivity contribution < 1.29 is 27.9 Å². The summed E-state index contributed by atoms with van der Waals surface area (Å²) < 4.78 is 42.7. The molecule has 1 aliphatic heterocycles. The first-order chi connectivity index (χ1) is 25.2. The van der Waals surface area contributed by atoms with Gasteiger partial charge in [-0.1, -0.05) is 18.5 Å². The van der Waals surface area contributed by atoms with Gasteiger partial charge in [0.15, 0.2) is 17.3 Å². The van der Waals surface area contributed by atoms with Crippen molar-refractivity contribution in [3.8, 4) is 17.1 Å². The summed E-state index contributed by atoms with van der Waals surface area (Å²) in [6.45, 7) is 3.76. The highest BCUT2D eigenvalue weighted by Gasteiger charge is 2.49. The second kappa shape index (κ2) is 12.6. The Morgan fingerprint density at radius 2 is 1.85 bits per heavy atom. The molecule has 1 saturated heterocycles. The van der Waals surface area contributed by atoms with Gasteiger partial charge in [-0.05, 0) is 75.3 Å². The van der Waals surface area contributed by atoms with Crippen LogP contribution < -0.4 is 10.9 Å². The van der Waals surface area contributed by atoms with Gasteiger partial charge < -0.3 is 19.9 Å². The first kappa shape index (κ1) is 34.7. The van der Waals surface area contributed by atoms with Crippen molar-refractivity contribution in [1.82, 2.24) is 39.0 Å². The lowest BCUT2D eigenvalue weighted by molar-refractivity contribution is -0.137. The minimum Gasteiger partial charge on any atom is -0.504 e. The van der Waals surface area contributed by atoms with E-state index in [2.05, 4.69) is 25.4 Å². The number of hydrogen-bond acceptors (Lipinski definition) is 9. The van der Waals surface area contributed by atoms with Gasteiger partial charge in [0.1, 0.15) is 12.9 Å². The van der Waals surface area contributed by atoms with Crippen LogP contribution in [0.25, 0.3) is 17.2 Å². The van der Waals surface area contributed by atoms with Gasteiger partial charge in [0.05, 0.1) is 22.0 Å². The molecule has 4 aromatic heterocycles. The number of pyridine rings is 1. The number of nitrogens with one attached hydrogen (secondary N) is 1. The first-order valence-electron chi connectivity index (χ1n) is 17.2. The zero-order valence-electron chi connectivity index (χ0n) is 28.6. The van der Waals surface area contributed by atoms with Crippen LogP contribution in [0.15, 0.2) is 47.7 Å². The number of nitrogens with zero attached hydrogens (tertiary/aromatic N) is 8. The largest absolute Gasteiger partial charge is 0.504 e. The summed E-state index contributed by atoms with van der Waals surface area (Å²) in [5.41, 5.74) is 0.854. The minimum atomic E-state index is -4.61. The Morgan fingerprint density at radius 3 is 2.55 bits per heavy atom. The van der Waals surface area contributed by atoms with E-state index in [4.69, 9.17) is 16.6 Å². The lowest BCUT2D eigenvalue weighted by atomic mass is 9.73. The fraction of sp³-hybridized carbons (Fsp3) is 0.389. The van der Waals surface area contributed by atoms with E-state index < -0.39 is 29.0 Å². The minimum absolute atomic E-state index is 0.00333. The molecule has 2 N–H and O–H groups in total. The Labute approximate surface area is 304 Å². The number of fused-ring (bicyclic) bond motifs is 3. The van der Waals surface area contributed by atoms with Crippen LogP contribution in [-0.4, -0.2) is 69.0 Å². The van der Waals surface area contributed by atoms with Crippen molar-refractivity contribution >= 4 is 34.9 Å². The fourth-order valence-electron chi connectivity index (χ4n) is 7.83. The summed E-state index contributed by atoms with van der Waals surface area (Å²) in [5.74, 6) is -0.771. The van der Waals surface area contributed by atoms with E-state index in [-0.39, 0.29) is 70.6 Å². The number of anilines is 1. The molecule has 0 radical (unpaired) electrons. The second-order valence-electron chi connectivity index (χ2n) is 14.1. The molecule has 5 aromatic rings. The van der Waals surface area contributed by atoms with Crippen molar-refractivity contribution in [2.24, 2.45) is 0 Å². The van der Waals surface area contributed by atoms with Gasteiger partial charge in [-0.3, -0.25) is 19.4 Å². The maximum atomic E-state index is 14.6. The van der Waals surface area contributed by atoms with Crippen LogP contribution in [0.5, 0.6) is 5.75 Å². The van der Waals surface area contributed by atoms with E-state index in [1.807, 2.05) is 13.0 Å². The maximum Gasteiger partial charge on any atom is 0.416 e. The fourth-order valence-corrected chi connectivity index (χ4v) is 8.06. The number of amides is 2. The molecule has 1 aromatic carbocycles. The number of carbonyl (C=O) groups excluding carboxylic acids is 2. The monoisotopic (exact) mass is 747 g/mol. The van der Waals surface area contributed by atoms with Gasteiger partial charge in [-0.15, -0.1) is 5.10 Å². The Balaban J connectivity index is 1.18. The van der Waals surface area contributed by atoms with Gasteiger partial charge in [0.25, 0.3) is 11.5 Å². The Bertz CT molecular complexity index is 2380. The number of likely N-dealkylation sites (tertiary alicyclic amines) is 1. The zero-order valence-corrected chi connectivity index (χ0v) is 29.4. The predicted octanol–water partition coefficient (Wildman–Crippen LogP) is 5.63. The number of alkyl halides is 3. The number of piperidine rings is 1. The number of halogens is 4. The van der Waals surface area contributed by atoms with Crippen molar-refractivity contribution in [1.29, 1.82) is 0 Å². The van der Waals surface area contributed by atoms with E-state index in [1.54, 1.807) is 28.7 Å². The van der Waals surface area contributed by atoms with E-state index in [0.29, 0.717) is 42.0 Å². The summed E-state index contributed by atoms with van der Waals surface area (Å²) in [7, 11) is 0. The summed E-state index contributed by atoms with van der Waals surface area (Å²) in [6, 6.07) is 6.35. The van der Waals surface area contributed by atoms with Crippen molar-refractivity contribution in [3.05, 3.63) is 92.1 Å². The Kier molecular flexibility index (Phi) is 8.27. The third-order valence-corrected chi connectivity index (χ3v) is 10.9. The molecule has 0 bridgehead atoms. The number of carbonyl (C=O) groups is 2. The standard InChI is InChI=1S/C36H33ClF3N9O4/c1-18-15-35(8-11-47(12-9-35)33(53)28-30(51)19(2)42-17-43-28)27-29(18)48(16-26(50)44-24-6-5-22(14-23(24)37)36(38,39)40)34-45-31(46-49(34)32(27)52)21-7-10-41-25(13-21)20-3-4-20/h5-7,10,13-14,17-18,20,51H,3-4,8-9,11-12,15-16H2,1-2H3,(H,44,50). The maximum absolute atomic E-state index is 14.6. The molecule has 3 aliphatic rings. The number of aryl methyl sites for hydroxylation is 1. The highest BCUT2D eigenvalue weighted by Crippen LogP contribution is 2.50. The first-order valence-corrected chi connectivity index (χ1v) is 17.6. The molecule has 5 heterocycles. The van der Waals surface area contributed by atoms with Gasteiger partial charge in [-0.25, -0.2) is 9.97 Å². The summed E-state index contributed by atoms with van der Waals surface area (Å²) in [6.07, 6.45) is 1.76. The van der Waals surface area contributed by atoms with Crippen LogP contribution in [0, 0.1) is 6.92 Å². The van der Waals surface area contributed by atoms with Crippen LogP contribution in [0.1, 0.15) is 89.6 Å². The van der Waals surface area contributed by atoms with Crippen LogP contribution in [-0.2, 0) is 22.9 Å². The molecule has 17 heteroatoms. The van der Waals surface area contributed by atoms with E-state index in [1.165, 1.54) is 10.8 Å². The lowest BCUT2D eigenvalue weighted by Gasteiger charge is -2.39. The molecule has 8 rings (SSSR count). The summed E-state index contributed by atoms with van der Waals surface area (Å²) in [5, 5.41) is 17.5. The highest BCUT2D eigenvalue weighted by atomic mass is 35.5. The number of aromatic hydroxyl groups is 1. The van der Waals surface area contributed by atoms with Gasteiger partial charge in [0.2, 0.25) is 11.7 Å². The van der Waals surface area contributed by atoms with Crippen LogP contribution >= 0.6 is 11.6 Å². The van der Waals surface area contributed by atoms with E-state index >= 15 is 0 Å². The quantitative estimate of drug-likeness (QED) is 0.225. The molecule has 1 atom stereocenters. The molecule has 1 spiro atoms. The summed E-state index contributed by atoms with van der Waals surface area (Å²) in [4.78, 5) is 60.5. The molecule has 2 aliphatic carbocycles. The normalized spacial score (nSPS) is 18.1. The third kappa shape index (κ3) is 6.07. The Hall–Kier alpha value is -5.38. The number of benzene rings is 1. The SMILES string of the molecule is Cc1ncnc(C(=O)N2CCC3(CC2)CC(C)c2c3c(=O)n3nc(-c4ccnc(C5CC5)c4)nc3n2CC(=O)Nc2ccc(C(F)(F)F)cc2Cl)c1O. The molecule has 2 fully saturated rings. The third-order valence-electron chi connectivity index (χ3n) is 10.6. The van der Waals surface area contributed by atoms with Crippen molar-refractivity contribution in [3.63, 3.8) is 0 Å². The van der Waals surface area contributed by atoms with E-state index in [0.717, 1.165) is 36.7 Å². The van der Waals surface area contributed by atoms with Crippen LogP contribution in [0.4, 0.5) is 18.9 Å². The highest BCUT2D eigenvalue weighted by molar-refractivity contribution is 6.33. The van der Waals surface area contributed by atoms with Crippen molar-refractivity contribution in [2.45, 2.75) is 75.9 Å². The number of aromatic nitrogens is 7. The van der Waals surface area contributed by atoms with Gasteiger partial charge >= 0.3 is 6.18 Å². The van der Waals surface area contributed by atoms with Crippen LogP contribution in [0.3, 0.4) is 0 Å². The lowest BCUT2D eigenvalue weighted by Crippen LogP contribution is -2.46. The molecule has 13 nitrogen and oxygen atoms in total. The van der Waals surface area contributed by atoms with Crippen molar-refractivity contribution in [2.75, 3.05) is 18.4 Å². The number of rotatable bonds is 6. The zero-order chi connectivity index (χ0) is 37.4.